The van der Waals surface area contributed by atoms with Gasteiger partial charge < -0.3 is 15.1 Å². The Bertz CT molecular complexity index is 726. The summed E-state index contributed by atoms with van der Waals surface area (Å²) in [7, 11) is 3.97. The minimum absolute atomic E-state index is 0.148. The lowest BCUT2D eigenvalue weighted by Gasteiger charge is -2.28. The highest BCUT2D eigenvalue weighted by molar-refractivity contribution is 5.93. The first-order chi connectivity index (χ1) is 12.6. The first-order valence-corrected chi connectivity index (χ1v) is 9.26. The number of piperidine rings is 1. The summed E-state index contributed by atoms with van der Waals surface area (Å²) in [5.41, 5.74) is 1.35. The van der Waals surface area contributed by atoms with Crippen molar-refractivity contribution in [2.75, 3.05) is 45.2 Å². The van der Waals surface area contributed by atoms with E-state index in [1.807, 2.05) is 55.4 Å². The van der Waals surface area contributed by atoms with E-state index in [0.29, 0.717) is 18.1 Å². The van der Waals surface area contributed by atoms with E-state index in [1.165, 1.54) is 6.42 Å². The van der Waals surface area contributed by atoms with Gasteiger partial charge in [-0.15, -0.1) is 0 Å². The zero-order chi connectivity index (χ0) is 18.4. The molecule has 138 valence electrons. The number of benzene rings is 1. The number of carbonyl (C=O) groups excluding carboxylic acids is 1. The second kappa shape index (κ2) is 8.76. The molecule has 1 aromatic heterocycles. The molecule has 1 aliphatic heterocycles. The molecule has 2 aromatic rings. The Labute approximate surface area is 155 Å². The highest BCUT2D eigenvalue weighted by atomic mass is 16.1. The Morgan fingerprint density at radius 2 is 1.85 bits per heavy atom. The molecule has 0 spiro atoms. The average Bonchev–Trinajstić information content (AvgIpc) is 2.68. The highest BCUT2D eigenvalue weighted by Crippen LogP contribution is 2.22. The van der Waals surface area contributed by atoms with Crippen molar-refractivity contribution >= 4 is 11.7 Å². The van der Waals surface area contributed by atoms with Gasteiger partial charge in [0.25, 0.3) is 5.91 Å². The first kappa shape index (κ1) is 18.3. The molecule has 6 nitrogen and oxygen atoms in total. The monoisotopic (exact) mass is 353 g/mol. The molecule has 0 bridgehead atoms. The maximum absolute atomic E-state index is 12.6. The van der Waals surface area contributed by atoms with Crippen LogP contribution in [-0.4, -0.2) is 61.0 Å². The van der Waals surface area contributed by atoms with Gasteiger partial charge >= 0.3 is 0 Å². The SMILES string of the molecule is CN(C)CCNC(=O)c1cc(N2CCCCC2)nc(-c2ccccc2)n1. The number of aromatic nitrogens is 2. The smallest absolute Gasteiger partial charge is 0.270 e. The Morgan fingerprint density at radius 1 is 1.12 bits per heavy atom. The van der Waals surface area contributed by atoms with Gasteiger partial charge in [0.1, 0.15) is 11.5 Å². The number of hydrogen-bond donors (Lipinski definition) is 1. The summed E-state index contributed by atoms with van der Waals surface area (Å²) in [6.45, 7) is 3.34. The second-order valence-corrected chi connectivity index (χ2v) is 6.91. The highest BCUT2D eigenvalue weighted by Gasteiger charge is 2.18. The molecule has 26 heavy (non-hydrogen) atoms. The van der Waals surface area contributed by atoms with Crippen LogP contribution in [0.15, 0.2) is 36.4 Å². The molecule has 0 saturated carbocycles. The van der Waals surface area contributed by atoms with Crippen molar-refractivity contribution in [3.8, 4) is 11.4 Å². The fourth-order valence-corrected chi connectivity index (χ4v) is 3.04. The van der Waals surface area contributed by atoms with Crippen molar-refractivity contribution in [3.05, 3.63) is 42.1 Å². The van der Waals surface area contributed by atoms with Gasteiger partial charge in [-0.25, -0.2) is 9.97 Å². The van der Waals surface area contributed by atoms with Crippen molar-refractivity contribution in [2.24, 2.45) is 0 Å². The van der Waals surface area contributed by atoms with Crippen LogP contribution in [0.25, 0.3) is 11.4 Å². The van der Waals surface area contributed by atoms with Gasteiger partial charge in [-0.1, -0.05) is 30.3 Å². The van der Waals surface area contributed by atoms with E-state index in [4.69, 9.17) is 4.98 Å². The van der Waals surface area contributed by atoms with Gasteiger partial charge in [0.05, 0.1) is 0 Å². The zero-order valence-electron chi connectivity index (χ0n) is 15.6. The van der Waals surface area contributed by atoms with Crippen molar-refractivity contribution in [2.45, 2.75) is 19.3 Å². The van der Waals surface area contributed by atoms with Crippen molar-refractivity contribution < 1.29 is 4.79 Å². The molecule has 2 heterocycles. The lowest BCUT2D eigenvalue weighted by atomic mass is 10.1. The molecule has 0 radical (unpaired) electrons. The number of rotatable bonds is 6. The van der Waals surface area contributed by atoms with Gasteiger partial charge in [-0.3, -0.25) is 4.79 Å². The van der Waals surface area contributed by atoms with Gasteiger partial charge in [0.15, 0.2) is 5.82 Å². The molecular formula is C20H27N5O. The largest absolute Gasteiger partial charge is 0.356 e. The van der Waals surface area contributed by atoms with E-state index >= 15 is 0 Å². The van der Waals surface area contributed by atoms with Crippen LogP contribution in [-0.2, 0) is 0 Å². The van der Waals surface area contributed by atoms with Crippen molar-refractivity contribution in [1.29, 1.82) is 0 Å². The zero-order valence-corrected chi connectivity index (χ0v) is 15.6. The average molecular weight is 353 g/mol. The van der Waals surface area contributed by atoms with Crippen molar-refractivity contribution in [3.63, 3.8) is 0 Å². The number of hydrogen-bond acceptors (Lipinski definition) is 5. The van der Waals surface area contributed by atoms with Crippen molar-refractivity contribution in [1.82, 2.24) is 20.2 Å². The van der Waals surface area contributed by atoms with E-state index < -0.39 is 0 Å². The van der Waals surface area contributed by atoms with Crippen LogP contribution in [0.3, 0.4) is 0 Å². The Kier molecular flexibility index (Phi) is 6.17. The third-order valence-corrected chi connectivity index (χ3v) is 4.50. The molecule has 6 heteroatoms. The van der Waals surface area contributed by atoms with Crippen LogP contribution < -0.4 is 10.2 Å². The summed E-state index contributed by atoms with van der Waals surface area (Å²) in [6.07, 6.45) is 3.58. The fourth-order valence-electron chi connectivity index (χ4n) is 3.04. The predicted octanol–water partition coefficient (Wildman–Crippen LogP) is 2.43. The first-order valence-electron chi connectivity index (χ1n) is 9.26. The Hall–Kier alpha value is -2.47. The quantitative estimate of drug-likeness (QED) is 0.864. The summed E-state index contributed by atoms with van der Waals surface area (Å²) in [5.74, 6) is 1.30. The molecule has 1 fully saturated rings. The number of anilines is 1. The molecule has 1 aliphatic rings. The Morgan fingerprint density at radius 3 is 2.54 bits per heavy atom. The molecule has 1 aromatic carbocycles. The molecular weight excluding hydrogens is 326 g/mol. The van der Waals surface area contributed by atoms with Gasteiger partial charge in [0.2, 0.25) is 0 Å². The van der Waals surface area contributed by atoms with E-state index in [0.717, 1.165) is 43.9 Å². The maximum Gasteiger partial charge on any atom is 0.270 e. The molecule has 0 unspecified atom stereocenters. The van der Waals surface area contributed by atoms with Gasteiger partial charge in [0, 0.05) is 37.8 Å². The summed E-state index contributed by atoms with van der Waals surface area (Å²) >= 11 is 0. The summed E-state index contributed by atoms with van der Waals surface area (Å²) in [6, 6.07) is 11.7. The third kappa shape index (κ3) is 4.79. The van der Waals surface area contributed by atoms with Gasteiger partial charge in [-0.2, -0.15) is 0 Å². The normalized spacial score (nSPS) is 14.5. The number of amides is 1. The van der Waals surface area contributed by atoms with Crippen LogP contribution >= 0.6 is 0 Å². The lowest BCUT2D eigenvalue weighted by Crippen LogP contribution is -2.33. The van der Waals surface area contributed by atoms with Crippen LogP contribution in [0.1, 0.15) is 29.8 Å². The molecule has 0 atom stereocenters. The molecule has 0 aliphatic carbocycles. The number of nitrogens with one attached hydrogen (secondary N) is 1. The number of nitrogens with zero attached hydrogens (tertiary/aromatic N) is 4. The number of carbonyl (C=O) groups is 1. The Balaban J connectivity index is 1.88. The lowest BCUT2D eigenvalue weighted by molar-refractivity contribution is 0.0946. The van der Waals surface area contributed by atoms with Crippen LogP contribution in [0.5, 0.6) is 0 Å². The summed E-state index contributed by atoms with van der Waals surface area (Å²) in [5, 5.41) is 2.95. The van der Waals surface area contributed by atoms with Crippen LogP contribution in [0.4, 0.5) is 5.82 Å². The minimum Gasteiger partial charge on any atom is -0.356 e. The molecule has 1 saturated heterocycles. The maximum atomic E-state index is 12.6. The molecule has 1 amide bonds. The van der Waals surface area contributed by atoms with Crippen LogP contribution in [0, 0.1) is 0 Å². The summed E-state index contributed by atoms with van der Waals surface area (Å²) in [4.78, 5) is 26.2. The molecule has 3 rings (SSSR count). The van der Waals surface area contributed by atoms with E-state index in [2.05, 4.69) is 15.2 Å². The topological polar surface area (TPSA) is 61.4 Å². The fraction of sp³-hybridized carbons (Fsp3) is 0.450. The molecule has 1 N–H and O–H groups in total. The minimum atomic E-state index is -0.148. The van der Waals surface area contributed by atoms with E-state index in [1.54, 1.807) is 0 Å². The van der Waals surface area contributed by atoms with Gasteiger partial charge in [-0.05, 0) is 33.4 Å². The summed E-state index contributed by atoms with van der Waals surface area (Å²) < 4.78 is 0. The second-order valence-electron chi connectivity index (χ2n) is 6.91. The van der Waals surface area contributed by atoms with Crippen LogP contribution in [0.2, 0.25) is 0 Å². The third-order valence-electron chi connectivity index (χ3n) is 4.50. The predicted molar refractivity (Wildman–Crippen MR) is 104 cm³/mol. The number of likely N-dealkylation sites (N-methyl/N-ethyl adjacent to an activating group) is 1. The van der Waals surface area contributed by atoms with E-state index in [9.17, 15) is 4.79 Å². The standard InChI is InChI=1S/C20H27N5O/c1-24(2)14-11-21-20(26)17-15-18(25-12-7-4-8-13-25)23-19(22-17)16-9-5-3-6-10-16/h3,5-6,9-10,15H,4,7-8,11-14H2,1-2H3,(H,21,26). The van der Waals surface area contributed by atoms with E-state index in [-0.39, 0.29) is 5.91 Å².